The zero-order valence-corrected chi connectivity index (χ0v) is 22.9. The Morgan fingerprint density at radius 2 is 1.65 bits per heavy atom. The first-order valence-electron chi connectivity index (χ1n) is 12.3. The van der Waals surface area contributed by atoms with Crippen molar-refractivity contribution < 1.29 is 22.7 Å². The zero-order valence-electron chi connectivity index (χ0n) is 21.3. The molecular weight excluding hydrogens is 512 g/mol. The van der Waals surface area contributed by atoms with E-state index in [-0.39, 0.29) is 16.0 Å². The lowest BCUT2D eigenvalue weighted by molar-refractivity contribution is 0.0697. The summed E-state index contributed by atoms with van der Waals surface area (Å²) in [5, 5.41) is 11.7. The molecule has 1 N–H and O–H groups in total. The summed E-state index contributed by atoms with van der Waals surface area (Å²) >= 11 is 0. The molecule has 4 rings (SSSR count). The first kappa shape index (κ1) is 26.7. The molecule has 0 aromatic heterocycles. The van der Waals surface area contributed by atoms with Gasteiger partial charge in [-0.05, 0) is 69.7 Å². The number of fused-ring (bicyclic) bond motifs is 2. The molecule has 0 saturated carbocycles. The van der Waals surface area contributed by atoms with Crippen molar-refractivity contribution in [3.05, 3.63) is 65.5 Å². The van der Waals surface area contributed by atoms with Crippen LogP contribution in [0, 0.1) is 0 Å². The summed E-state index contributed by atoms with van der Waals surface area (Å²) in [5.41, 5.74) is 3.02. The summed E-state index contributed by atoms with van der Waals surface area (Å²) in [6.45, 7) is 11.5. The van der Waals surface area contributed by atoms with E-state index in [1.54, 1.807) is 0 Å². The molecule has 1 aliphatic heterocycles. The number of carbonyl (C=O) groups is 1. The van der Waals surface area contributed by atoms with Crippen LogP contribution in [0.3, 0.4) is 0 Å². The van der Waals surface area contributed by atoms with Gasteiger partial charge in [0.1, 0.15) is 24.4 Å². The number of carboxylic acid groups (broad SMARTS) is 1. The van der Waals surface area contributed by atoms with Gasteiger partial charge in [0, 0.05) is 58.1 Å². The van der Waals surface area contributed by atoms with Gasteiger partial charge in [0.2, 0.25) is 5.36 Å². The average molecular weight is 542 g/mol. The van der Waals surface area contributed by atoms with Crippen LogP contribution in [0.4, 0.5) is 5.69 Å². The maximum Gasteiger partial charge on any atom is 0.336 e. The predicted molar refractivity (Wildman–Crippen MR) is 148 cm³/mol. The van der Waals surface area contributed by atoms with Crippen molar-refractivity contribution in [2.75, 3.05) is 31.1 Å². The lowest BCUT2D eigenvalue weighted by Gasteiger charge is -2.22. The highest BCUT2D eigenvalue weighted by Gasteiger charge is 2.25. The molecule has 2 aromatic rings. The van der Waals surface area contributed by atoms with E-state index in [0.29, 0.717) is 27.9 Å². The topological polar surface area (TPSA) is 90.8 Å². The highest BCUT2D eigenvalue weighted by atomic mass is 35.7. The van der Waals surface area contributed by atoms with E-state index in [1.807, 2.05) is 36.4 Å². The van der Waals surface area contributed by atoms with E-state index in [2.05, 4.69) is 37.2 Å². The average Bonchev–Trinajstić information content (AvgIpc) is 2.87. The second-order valence-electron chi connectivity index (χ2n) is 8.63. The van der Waals surface area contributed by atoms with Crippen LogP contribution in [0.1, 0.15) is 38.1 Å². The number of hydrogen-bond acceptors (Lipinski definition) is 5. The predicted octanol–water partition coefficient (Wildman–Crippen LogP) is 5.49. The van der Waals surface area contributed by atoms with Gasteiger partial charge in [0.25, 0.3) is 9.05 Å². The summed E-state index contributed by atoms with van der Waals surface area (Å²) in [4.78, 5) is 14.3. The van der Waals surface area contributed by atoms with Gasteiger partial charge in [-0.1, -0.05) is 0 Å². The Balaban J connectivity index is 2.19. The minimum atomic E-state index is -4.09. The molecule has 0 saturated heterocycles. The molecule has 37 heavy (non-hydrogen) atoms. The molecule has 0 amide bonds. The van der Waals surface area contributed by atoms with Crippen LogP contribution in [0.25, 0.3) is 33.4 Å². The Morgan fingerprint density at radius 3 is 2.24 bits per heavy atom. The molecule has 0 bridgehead atoms. The van der Waals surface area contributed by atoms with Crippen molar-refractivity contribution >= 4 is 42.4 Å². The van der Waals surface area contributed by atoms with E-state index in [9.17, 15) is 18.3 Å². The van der Waals surface area contributed by atoms with Crippen LogP contribution >= 0.6 is 10.7 Å². The number of nitrogens with zero attached hydrogens (tertiary/aromatic N) is 2. The fraction of sp³-hybridized carbons (Fsp3) is 0.286. The fourth-order valence-corrected chi connectivity index (χ4v) is 5.57. The highest BCUT2D eigenvalue weighted by Crippen LogP contribution is 2.43. The number of rotatable bonds is 8. The van der Waals surface area contributed by atoms with Gasteiger partial charge in [0.05, 0.1) is 16.5 Å². The normalized spacial score (nSPS) is 11.7. The van der Waals surface area contributed by atoms with Crippen LogP contribution in [0.2, 0.25) is 0 Å². The quantitative estimate of drug-likeness (QED) is 0.180. The minimum absolute atomic E-state index is 0.0292. The summed E-state index contributed by atoms with van der Waals surface area (Å²) in [5.74, 6) is -0.603. The maximum atomic E-state index is 12.3. The highest BCUT2D eigenvalue weighted by molar-refractivity contribution is 8.13. The van der Waals surface area contributed by atoms with Crippen molar-refractivity contribution in [2.45, 2.75) is 32.6 Å². The molecule has 0 fully saturated rings. The number of benzene rings is 3. The zero-order chi connectivity index (χ0) is 26.9. The molecule has 194 valence electrons. The van der Waals surface area contributed by atoms with E-state index >= 15 is 0 Å². The molecule has 0 atom stereocenters. The molecule has 0 unspecified atom stereocenters. The first-order valence-corrected chi connectivity index (χ1v) is 14.6. The van der Waals surface area contributed by atoms with Crippen molar-refractivity contribution in [3.8, 4) is 22.5 Å². The Morgan fingerprint density at radius 1 is 0.946 bits per heavy atom. The first-order chi connectivity index (χ1) is 17.6. The second kappa shape index (κ2) is 10.6. The van der Waals surface area contributed by atoms with Crippen molar-refractivity contribution in [1.29, 1.82) is 0 Å². The molecule has 1 aliphatic carbocycles. The van der Waals surface area contributed by atoms with Crippen LogP contribution in [0.5, 0.6) is 0 Å². The third-order valence-electron chi connectivity index (χ3n) is 6.72. The molecule has 1 heterocycles. The minimum Gasteiger partial charge on any atom is -0.478 e. The Kier molecular flexibility index (Phi) is 7.62. The van der Waals surface area contributed by atoms with E-state index in [1.165, 1.54) is 18.2 Å². The molecule has 2 aromatic carbocycles. The van der Waals surface area contributed by atoms with Crippen LogP contribution in [-0.2, 0) is 9.05 Å². The Bertz CT molecular complexity index is 1630. The lowest BCUT2D eigenvalue weighted by Crippen LogP contribution is -2.29. The van der Waals surface area contributed by atoms with Crippen molar-refractivity contribution in [2.24, 2.45) is 0 Å². The van der Waals surface area contributed by atoms with Gasteiger partial charge < -0.3 is 14.4 Å². The van der Waals surface area contributed by atoms with Crippen molar-refractivity contribution in [3.63, 3.8) is 0 Å². The number of hydrogen-bond donors (Lipinski definition) is 1. The van der Waals surface area contributed by atoms with Crippen LogP contribution in [0.15, 0.2) is 63.9 Å². The standard InChI is InChI=1S/C28H29ClN2O5S/c1-5-30(6-2)18-9-12-22-25(15-18)36-26-16-19(31(7-3)8-4)10-13-23(26)27(22)24-17-20(37(29,34)35)11-14-21(24)28(32)33/h9-17H,5-8H2,1-4H3/p+1. The van der Waals surface area contributed by atoms with Gasteiger partial charge in [-0.3, -0.25) is 0 Å². The monoisotopic (exact) mass is 541 g/mol. The molecule has 9 heteroatoms. The van der Waals surface area contributed by atoms with E-state index < -0.39 is 15.0 Å². The van der Waals surface area contributed by atoms with Gasteiger partial charge in [-0.25, -0.2) is 17.8 Å². The van der Waals surface area contributed by atoms with Crippen LogP contribution < -0.4 is 14.8 Å². The lowest BCUT2D eigenvalue weighted by atomic mass is 9.90. The fourth-order valence-electron chi connectivity index (χ4n) is 4.80. The molecular formula is C28H30ClN2O5S+. The Labute approximate surface area is 221 Å². The smallest absolute Gasteiger partial charge is 0.336 e. The maximum absolute atomic E-state index is 12.3. The van der Waals surface area contributed by atoms with Crippen LogP contribution in [-0.4, -0.2) is 45.7 Å². The molecule has 0 spiro atoms. The van der Waals surface area contributed by atoms with Gasteiger partial charge in [-0.2, -0.15) is 0 Å². The number of anilines is 1. The summed E-state index contributed by atoms with van der Waals surface area (Å²) in [7, 11) is 1.57. The summed E-state index contributed by atoms with van der Waals surface area (Å²) in [6.07, 6.45) is 0. The molecule has 2 aliphatic rings. The SMILES string of the molecule is CCN(CC)c1ccc2c(-c3cc(S(=O)(=O)Cl)ccc3C(=O)O)c3ccc(=[N+](CC)CC)cc-3oc2c1. The summed E-state index contributed by atoms with van der Waals surface area (Å²) < 4.78 is 33.0. The molecule has 7 nitrogen and oxygen atoms in total. The Hall–Kier alpha value is -3.36. The van der Waals surface area contributed by atoms with E-state index in [0.717, 1.165) is 37.2 Å². The summed E-state index contributed by atoms with van der Waals surface area (Å²) in [6, 6.07) is 15.4. The third-order valence-corrected chi connectivity index (χ3v) is 8.07. The van der Waals surface area contributed by atoms with Gasteiger partial charge in [-0.15, -0.1) is 0 Å². The van der Waals surface area contributed by atoms with Crippen molar-refractivity contribution in [1.82, 2.24) is 4.58 Å². The second-order valence-corrected chi connectivity index (χ2v) is 11.2. The third kappa shape index (κ3) is 5.08. The van der Waals surface area contributed by atoms with E-state index in [4.69, 9.17) is 15.1 Å². The van der Waals surface area contributed by atoms with Gasteiger partial charge >= 0.3 is 5.97 Å². The molecule has 0 radical (unpaired) electrons. The largest absolute Gasteiger partial charge is 0.478 e. The van der Waals surface area contributed by atoms with Gasteiger partial charge in [0.15, 0.2) is 0 Å². The number of carboxylic acids is 1. The number of aromatic carboxylic acids is 1. The number of halogens is 1.